The van der Waals surface area contributed by atoms with Crippen molar-refractivity contribution in [3.8, 4) is 23.0 Å². The highest BCUT2D eigenvalue weighted by molar-refractivity contribution is 5.70. The van der Waals surface area contributed by atoms with Crippen molar-refractivity contribution in [3.63, 3.8) is 0 Å². The third-order valence-electron chi connectivity index (χ3n) is 6.01. The van der Waals surface area contributed by atoms with Crippen LogP contribution < -0.4 is 18.9 Å². The molecule has 0 fully saturated rings. The van der Waals surface area contributed by atoms with Crippen molar-refractivity contribution >= 4 is 5.97 Å². The molecule has 0 aromatic heterocycles. The minimum atomic E-state index is -0.894. The van der Waals surface area contributed by atoms with E-state index in [1.165, 1.54) is 0 Å². The van der Waals surface area contributed by atoms with Crippen molar-refractivity contribution < 1.29 is 28.8 Å². The van der Waals surface area contributed by atoms with E-state index in [2.05, 4.69) is 0 Å². The van der Waals surface area contributed by atoms with Gasteiger partial charge in [0.25, 0.3) is 0 Å². The number of rotatable bonds is 6. The third kappa shape index (κ3) is 3.40. The second-order valence-corrected chi connectivity index (χ2v) is 7.75. The van der Waals surface area contributed by atoms with Gasteiger partial charge < -0.3 is 24.1 Å². The lowest BCUT2D eigenvalue weighted by molar-refractivity contribution is -0.139. The van der Waals surface area contributed by atoms with Gasteiger partial charge in [0, 0.05) is 0 Å². The average Bonchev–Trinajstić information content (AvgIpc) is 3.39. The average molecular weight is 433 g/mol. The fourth-order valence-corrected chi connectivity index (χ4v) is 4.62. The summed E-state index contributed by atoms with van der Waals surface area (Å²) in [7, 11) is 3.25. The largest absolute Gasteiger partial charge is 0.497 e. The van der Waals surface area contributed by atoms with Gasteiger partial charge in [-0.25, -0.2) is 0 Å². The number of hydrogen-bond acceptors (Lipinski definition) is 6. The Morgan fingerprint density at radius 3 is 2.25 bits per heavy atom. The number of aliphatic carboxylic acids is 1. The second-order valence-electron chi connectivity index (χ2n) is 7.75. The lowest BCUT2D eigenvalue weighted by Gasteiger charge is -2.30. The standard InChI is InChI=1S/C25H23NO6/c1-29-17-6-3-15(4-7-17)24-20-12-18(30-2)8-9-19(20)25(26(24)13-23(27)28)16-5-10-21-22(11-16)32-14-31-21/h3-12,24-25H,13-14H2,1-2H3,(H,27,28)/t24-,25-/m1/s1. The molecule has 164 valence electrons. The summed E-state index contributed by atoms with van der Waals surface area (Å²) in [5, 5.41) is 9.79. The highest BCUT2D eigenvalue weighted by Crippen LogP contribution is 2.50. The van der Waals surface area contributed by atoms with E-state index in [9.17, 15) is 9.90 Å². The van der Waals surface area contributed by atoms with Crippen molar-refractivity contribution in [3.05, 3.63) is 82.9 Å². The quantitative estimate of drug-likeness (QED) is 0.629. The van der Waals surface area contributed by atoms with Crippen LogP contribution in [-0.2, 0) is 4.79 Å². The molecule has 0 amide bonds. The van der Waals surface area contributed by atoms with Crippen molar-refractivity contribution in [2.24, 2.45) is 0 Å². The number of carboxylic acids is 1. The number of carbonyl (C=O) groups is 1. The molecule has 2 aliphatic heterocycles. The maximum atomic E-state index is 11.9. The van der Waals surface area contributed by atoms with E-state index in [0.29, 0.717) is 11.5 Å². The first-order valence-corrected chi connectivity index (χ1v) is 10.3. The van der Waals surface area contributed by atoms with Crippen LogP contribution in [0.25, 0.3) is 0 Å². The van der Waals surface area contributed by atoms with Crippen LogP contribution in [-0.4, -0.2) is 43.5 Å². The van der Waals surface area contributed by atoms with Crippen LogP contribution in [0.4, 0.5) is 0 Å². The van der Waals surface area contributed by atoms with Crippen LogP contribution in [0.2, 0.25) is 0 Å². The van der Waals surface area contributed by atoms with Gasteiger partial charge >= 0.3 is 5.97 Å². The minimum Gasteiger partial charge on any atom is -0.497 e. The summed E-state index contributed by atoms with van der Waals surface area (Å²) < 4.78 is 21.8. The van der Waals surface area contributed by atoms with E-state index >= 15 is 0 Å². The molecule has 7 heteroatoms. The summed E-state index contributed by atoms with van der Waals surface area (Å²) in [4.78, 5) is 13.9. The minimum absolute atomic E-state index is 0.132. The highest BCUT2D eigenvalue weighted by atomic mass is 16.7. The second kappa shape index (κ2) is 8.09. The van der Waals surface area contributed by atoms with E-state index < -0.39 is 5.97 Å². The summed E-state index contributed by atoms with van der Waals surface area (Å²) in [6.07, 6.45) is 0. The number of benzene rings is 3. The molecule has 0 spiro atoms. The predicted octanol–water partition coefficient (Wildman–Crippen LogP) is 4.01. The lowest BCUT2D eigenvalue weighted by atomic mass is 9.94. The molecule has 0 bridgehead atoms. The molecule has 0 unspecified atom stereocenters. The first-order valence-electron chi connectivity index (χ1n) is 10.3. The highest BCUT2D eigenvalue weighted by Gasteiger charge is 2.41. The Kier molecular flexibility index (Phi) is 5.11. The fraction of sp³-hybridized carbons (Fsp3) is 0.240. The number of hydrogen-bond donors (Lipinski definition) is 1. The molecule has 32 heavy (non-hydrogen) atoms. The molecule has 2 atom stereocenters. The number of fused-ring (bicyclic) bond motifs is 2. The van der Waals surface area contributed by atoms with Crippen molar-refractivity contribution in [2.75, 3.05) is 27.6 Å². The molecule has 0 saturated carbocycles. The molecule has 2 heterocycles. The number of carboxylic acid groups (broad SMARTS) is 1. The normalized spacial score (nSPS) is 18.9. The Hall–Kier alpha value is -3.71. The first-order chi connectivity index (χ1) is 15.6. The van der Waals surface area contributed by atoms with Crippen LogP contribution in [0.1, 0.15) is 34.3 Å². The van der Waals surface area contributed by atoms with Gasteiger partial charge in [0.05, 0.1) is 32.8 Å². The Morgan fingerprint density at radius 1 is 0.875 bits per heavy atom. The summed E-state index contributed by atoms with van der Waals surface area (Å²) in [5.74, 6) is 1.94. The zero-order chi connectivity index (χ0) is 22.2. The molecule has 3 aromatic carbocycles. The van der Waals surface area contributed by atoms with Gasteiger partial charge in [0.2, 0.25) is 6.79 Å². The van der Waals surface area contributed by atoms with E-state index in [-0.39, 0.29) is 25.4 Å². The smallest absolute Gasteiger partial charge is 0.317 e. The van der Waals surface area contributed by atoms with Gasteiger partial charge in [-0.05, 0) is 58.7 Å². The maximum Gasteiger partial charge on any atom is 0.317 e. The molecule has 3 aromatic rings. The summed E-state index contributed by atoms with van der Waals surface area (Å²) in [5.41, 5.74) is 3.97. The van der Waals surface area contributed by atoms with Gasteiger partial charge in [-0.3, -0.25) is 9.69 Å². The summed E-state index contributed by atoms with van der Waals surface area (Å²) in [6.45, 7) is 0.0529. The summed E-state index contributed by atoms with van der Waals surface area (Å²) in [6, 6.07) is 18.9. The summed E-state index contributed by atoms with van der Waals surface area (Å²) >= 11 is 0. The molecule has 7 nitrogen and oxygen atoms in total. The third-order valence-corrected chi connectivity index (χ3v) is 6.01. The van der Waals surface area contributed by atoms with Crippen molar-refractivity contribution in [1.82, 2.24) is 4.90 Å². The van der Waals surface area contributed by atoms with E-state index in [1.54, 1.807) is 14.2 Å². The number of methoxy groups -OCH3 is 2. The zero-order valence-electron chi connectivity index (χ0n) is 17.8. The fourth-order valence-electron chi connectivity index (χ4n) is 4.62. The van der Waals surface area contributed by atoms with Gasteiger partial charge in [0.1, 0.15) is 11.5 Å². The van der Waals surface area contributed by atoms with Crippen molar-refractivity contribution in [2.45, 2.75) is 12.1 Å². The van der Waals surface area contributed by atoms with Crippen LogP contribution in [0, 0.1) is 0 Å². The van der Waals surface area contributed by atoms with Gasteiger partial charge in [-0.2, -0.15) is 0 Å². The molecule has 0 radical (unpaired) electrons. The van der Waals surface area contributed by atoms with Gasteiger partial charge in [0.15, 0.2) is 11.5 Å². The number of nitrogens with zero attached hydrogens (tertiary/aromatic N) is 1. The Labute approximate surface area is 185 Å². The number of ether oxygens (including phenoxy) is 4. The molecule has 0 aliphatic carbocycles. The van der Waals surface area contributed by atoms with Crippen LogP contribution in [0.3, 0.4) is 0 Å². The van der Waals surface area contributed by atoms with Gasteiger partial charge in [-0.15, -0.1) is 0 Å². The van der Waals surface area contributed by atoms with E-state index in [0.717, 1.165) is 33.8 Å². The zero-order valence-corrected chi connectivity index (χ0v) is 17.8. The van der Waals surface area contributed by atoms with Crippen LogP contribution in [0.15, 0.2) is 60.7 Å². The molecular weight excluding hydrogens is 410 g/mol. The van der Waals surface area contributed by atoms with Gasteiger partial charge in [-0.1, -0.05) is 24.3 Å². The monoisotopic (exact) mass is 433 g/mol. The Morgan fingerprint density at radius 2 is 1.53 bits per heavy atom. The van der Waals surface area contributed by atoms with Crippen LogP contribution >= 0.6 is 0 Å². The SMILES string of the molecule is COc1ccc([C@@H]2c3cc(OC)ccc3[C@@H](c3ccc4c(c3)OCO4)N2CC(=O)O)cc1. The topological polar surface area (TPSA) is 77.5 Å². The first kappa shape index (κ1) is 20.2. The van der Waals surface area contributed by atoms with Crippen molar-refractivity contribution in [1.29, 1.82) is 0 Å². The van der Waals surface area contributed by atoms with E-state index in [4.69, 9.17) is 18.9 Å². The van der Waals surface area contributed by atoms with Crippen LogP contribution in [0.5, 0.6) is 23.0 Å². The Balaban J connectivity index is 1.67. The lowest BCUT2D eigenvalue weighted by Crippen LogP contribution is -2.33. The predicted molar refractivity (Wildman–Crippen MR) is 117 cm³/mol. The Bertz CT molecular complexity index is 1160. The molecule has 5 rings (SSSR count). The van der Waals surface area contributed by atoms with E-state index in [1.807, 2.05) is 65.6 Å². The molecule has 2 aliphatic rings. The molecule has 1 N–H and O–H groups in total. The molecule has 0 saturated heterocycles. The molecular formula is C25H23NO6. The maximum absolute atomic E-state index is 11.9.